The van der Waals surface area contributed by atoms with Crippen LogP contribution in [0.2, 0.25) is 5.02 Å². The van der Waals surface area contributed by atoms with Crippen LogP contribution in [0.3, 0.4) is 0 Å². The molecule has 1 aliphatic heterocycles. The van der Waals surface area contributed by atoms with Gasteiger partial charge in [0.1, 0.15) is 6.54 Å². The third kappa shape index (κ3) is 4.04. The number of fused-ring (bicyclic) bond motifs is 1. The van der Waals surface area contributed by atoms with Crippen LogP contribution in [0.5, 0.6) is 0 Å². The smallest absolute Gasteiger partial charge is 0.261 e. The third-order valence-electron chi connectivity index (χ3n) is 4.97. The minimum atomic E-state index is -3.19. The molecule has 1 atom stereocenters. The summed E-state index contributed by atoms with van der Waals surface area (Å²) in [4.78, 5) is 31.7. The van der Waals surface area contributed by atoms with Crippen LogP contribution in [-0.4, -0.2) is 41.4 Å². The SMILES string of the molecule is O=C(Cn1cnc2ccc(Cl)cc2c1=O)N(c1ccccc1)[C@H]1CCS(=O)(=O)C1. The zero-order valence-corrected chi connectivity index (χ0v) is 16.9. The van der Waals surface area contributed by atoms with Crippen molar-refractivity contribution in [2.75, 3.05) is 16.4 Å². The van der Waals surface area contributed by atoms with E-state index in [2.05, 4.69) is 4.98 Å². The van der Waals surface area contributed by atoms with Gasteiger partial charge in [-0.05, 0) is 36.8 Å². The highest BCUT2D eigenvalue weighted by atomic mass is 35.5. The van der Waals surface area contributed by atoms with Gasteiger partial charge in [0, 0.05) is 10.7 Å². The summed E-state index contributed by atoms with van der Waals surface area (Å²) in [6.45, 7) is -0.250. The highest BCUT2D eigenvalue weighted by Gasteiger charge is 2.35. The van der Waals surface area contributed by atoms with E-state index in [1.165, 1.54) is 21.9 Å². The number of halogens is 1. The molecule has 0 spiro atoms. The predicted octanol–water partition coefficient (Wildman–Crippen LogP) is 2.27. The van der Waals surface area contributed by atoms with Gasteiger partial charge in [0.15, 0.2) is 9.84 Å². The fourth-order valence-electron chi connectivity index (χ4n) is 3.59. The number of carbonyl (C=O) groups is 1. The first-order valence-electron chi connectivity index (χ1n) is 9.06. The Morgan fingerprint density at radius 3 is 2.66 bits per heavy atom. The van der Waals surface area contributed by atoms with Crippen molar-refractivity contribution in [1.29, 1.82) is 0 Å². The van der Waals surface area contributed by atoms with Crippen molar-refractivity contribution in [3.63, 3.8) is 0 Å². The number of hydrogen-bond acceptors (Lipinski definition) is 5. The Hall–Kier alpha value is -2.71. The summed E-state index contributed by atoms with van der Waals surface area (Å²) in [7, 11) is -3.19. The van der Waals surface area contributed by atoms with Crippen molar-refractivity contribution >= 4 is 43.9 Å². The lowest BCUT2D eigenvalue weighted by Crippen LogP contribution is -2.44. The predicted molar refractivity (Wildman–Crippen MR) is 112 cm³/mol. The maximum absolute atomic E-state index is 13.2. The number of benzene rings is 2. The van der Waals surface area contributed by atoms with Crippen molar-refractivity contribution in [2.24, 2.45) is 0 Å². The van der Waals surface area contributed by atoms with Crippen LogP contribution < -0.4 is 10.5 Å². The fourth-order valence-corrected chi connectivity index (χ4v) is 5.46. The third-order valence-corrected chi connectivity index (χ3v) is 6.95. The van der Waals surface area contributed by atoms with Gasteiger partial charge in [-0.15, -0.1) is 0 Å². The average Bonchev–Trinajstić information content (AvgIpc) is 3.05. The van der Waals surface area contributed by atoms with E-state index in [4.69, 9.17) is 11.6 Å². The van der Waals surface area contributed by atoms with Crippen LogP contribution in [0.15, 0.2) is 59.7 Å². The van der Waals surface area contributed by atoms with E-state index in [1.54, 1.807) is 36.4 Å². The molecule has 150 valence electrons. The molecule has 0 aliphatic carbocycles. The maximum Gasteiger partial charge on any atom is 0.261 e. The van der Waals surface area contributed by atoms with Gasteiger partial charge in [-0.3, -0.25) is 14.2 Å². The first-order chi connectivity index (χ1) is 13.8. The molecule has 1 aromatic heterocycles. The van der Waals surface area contributed by atoms with Crippen molar-refractivity contribution < 1.29 is 13.2 Å². The first kappa shape index (κ1) is 19.6. The summed E-state index contributed by atoms with van der Waals surface area (Å²) in [6.07, 6.45) is 1.69. The van der Waals surface area contributed by atoms with Crippen LogP contribution in [0.25, 0.3) is 10.9 Å². The maximum atomic E-state index is 13.2. The van der Waals surface area contributed by atoms with Crippen LogP contribution >= 0.6 is 11.6 Å². The van der Waals surface area contributed by atoms with E-state index >= 15 is 0 Å². The summed E-state index contributed by atoms with van der Waals surface area (Å²) in [6, 6.07) is 13.2. The number of nitrogens with zero attached hydrogens (tertiary/aromatic N) is 3. The quantitative estimate of drug-likeness (QED) is 0.632. The summed E-state index contributed by atoms with van der Waals surface area (Å²) in [5, 5.41) is 0.727. The number of carbonyl (C=O) groups excluding carboxylic acids is 1. The molecule has 7 nitrogen and oxygen atoms in total. The van der Waals surface area contributed by atoms with E-state index < -0.39 is 15.9 Å². The largest absolute Gasteiger partial charge is 0.307 e. The number of sulfone groups is 1. The zero-order valence-electron chi connectivity index (χ0n) is 15.4. The Bertz CT molecular complexity index is 1240. The van der Waals surface area contributed by atoms with Gasteiger partial charge < -0.3 is 4.90 Å². The Morgan fingerprint density at radius 2 is 1.97 bits per heavy atom. The Morgan fingerprint density at radius 1 is 1.21 bits per heavy atom. The number of anilines is 1. The molecule has 0 radical (unpaired) electrons. The Labute approximate surface area is 172 Å². The van der Waals surface area contributed by atoms with Gasteiger partial charge >= 0.3 is 0 Å². The molecule has 0 unspecified atom stereocenters. The second kappa shape index (κ2) is 7.61. The molecular formula is C20H18ClN3O4S. The van der Waals surface area contributed by atoms with Crippen LogP contribution in [0.4, 0.5) is 5.69 Å². The Balaban J connectivity index is 1.69. The molecular weight excluding hydrogens is 414 g/mol. The molecule has 0 bridgehead atoms. The topological polar surface area (TPSA) is 89.3 Å². The molecule has 4 rings (SSSR count). The van der Waals surface area contributed by atoms with Crippen molar-refractivity contribution in [3.8, 4) is 0 Å². The van der Waals surface area contributed by atoms with Crippen molar-refractivity contribution in [3.05, 3.63) is 70.2 Å². The van der Waals surface area contributed by atoms with E-state index in [9.17, 15) is 18.0 Å². The molecule has 1 saturated heterocycles. The highest BCUT2D eigenvalue weighted by molar-refractivity contribution is 7.91. The monoisotopic (exact) mass is 431 g/mol. The highest BCUT2D eigenvalue weighted by Crippen LogP contribution is 2.25. The summed E-state index contributed by atoms with van der Waals surface area (Å²) in [5.41, 5.74) is 0.715. The van der Waals surface area contributed by atoms with Crippen LogP contribution in [-0.2, 0) is 21.2 Å². The van der Waals surface area contributed by atoms with Gasteiger partial charge in [0.05, 0.1) is 34.8 Å². The standard InChI is InChI=1S/C20H18ClN3O4S/c21-14-6-7-18-17(10-14)20(26)23(13-22-18)11-19(25)24(15-4-2-1-3-5-15)16-8-9-29(27,28)12-16/h1-7,10,13,16H,8-9,11-12H2/t16-/m0/s1. The van der Waals surface area contributed by atoms with Crippen LogP contribution in [0, 0.1) is 0 Å². The van der Waals surface area contributed by atoms with Gasteiger partial charge in [-0.25, -0.2) is 13.4 Å². The minimum Gasteiger partial charge on any atom is -0.307 e. The van der Waals surface area contributed by atoms with Crippen LogP contribution in [0.1, 0.15) is 6.42 Å². The molecule has 3 aromatic rings. The summed E-state index contributed by atoms with van der Waals surface area (Å²) in [5.74, 6) is -0.415. The van der Waals surface area contributed by atoms with Crippen molar-refractivity contribution in [2.45, 2.75) is 19.0 Å². The van der Waals surface area contributed by atoms with E-state index in [1.807, 2.05) is 6.07 Å². The minimum absolute atomic E-state index is 0.0459. The van der Waals surface area contributed by atoms with E-state index in [-0.39, 0.29) is 29.5 Å². The lowest BCUT2D eigenvalue weighted by atomic mass is 10.1. The lowest BCUT2D eigenvalue weighted by Gasteiger charge is -2.28. The molecule has 9 heteroatoms. The van der Waals surface area contributed by atoms with Gasteiger partial charge in [-0.1, -0.05) is 29.8 Å². The number of para-hydroxylation sites is 1. The number of aromatic nitrogens is 2. The molecule has 1 amide bonds. The molecule has 2 aromatic carbocycles. The molecule has 2 heterocycles. The normalized spacial score (nSPS) is 18.0. The molecule has 0 N–H and O–H groups in total. The molecule has 1 fully saturated rings. The van der Waals surface area contributed by atoms with Gasteiger partial charge in [0.25, 0.3) is 5.56 Å². The summed E-state index contributed by atoms with van der Waals surface area (Å²) >= 11 is 5.98. The average molecular weight is 432 g/mol. The van der Waals surface area contributed by atoms with E-state index in [0.717, 1.165) is 0 Å². The van der Waals surface area contributed by atoms with Crippen molar-refractivity contribution in [1.82, 2.24) is 9.55 Å². The molecule has 0 saturated carbocycles. The second-order valence-electron chi connectivity index (χ2n) is 7.00. The lowest BCUT2D eigenvalue weighted by molar-refractivity contribution is -0.119. The first-order valence-corrected chi connectivity index (χ1v) is 11.3. The molecule has 1 aliphatic rings. The van der Waals surface area contributed by atoms with E-state index in [0.29, 0.717) is 28.0 Å². The van der Waals surface area contributed by atoms with Gasteiger partial charge in [0.2, 0.25) is 5.91 Å². The number of amides is 1. The summed E-state index contributed by atoms with van der Waals surface area (Å²) < 4.78 is 25.2. The van der Waals surface area contributed by atoms with Gasteiger partial charge in [-0.2, -0.15) is 0 Å². The zero-order chi connectivity index (χ0) is 20.6. The molecule has 29 heavy (non-hydrogen) atoms. The number of hydrogen-bond donors (Lipinski definition) is 0. The number of rotatable bonds is 4. The fraction of sp³-hybridized carbons (Fsp3) is 0.250. The Kier molecular flexibility index (Phi) is 5.14. The second-order valence-corrected chi connectivity index (χ2v) is 9.66.